The smallest absolute Gasteiger partial charge is 0.222 e. The van der Waals surface area contributed by atoms with Crippen molar-refractivity contribution >= 4 is 0 Å². The SMILES string of the molecule is C#CCOC[C@@H](O)CN(Cc1c(-c2ccccc2)nn(C)c1Oc1cccc(C)c1)CC1CC1. The normalized spacial score (nSPS) is 14.2. The number of aliphatic hydroxyl groups excluding tert-OH is 1. The second-order valence-corrected chi connectivity index (χ2v) is 9.05. The zero-order chi connectivity index (χ0) is 23.9. The Kier molecular flexibility index (Phi) is 8.02. The van der Waals surface area contributed by atoms with Crippen molar-refractivity contribution in [2.24, 2.45) is 13.0 Å². The van der Waals surface area contributed by atoms with Crippen LogP contribution in [0.2, 0.25) is 0 Å². The van der Waals surface area contributed by atoms with Gasteiger partial charge in [0, 0.05) is 32.2 Å². The van der Waals surface area contributed by atoms with E-state index in [0.717, 1.165) is 34.7 Å². The zero-order valence-electron chi connectivity index (χ0n) is 20.0. The summed E-state index contributed by atoms with van der Waals surface area (Å²) in [7, 11) is 1.91. The first-order valence-electron chi connectivity index (χ1n) is 11.8. The van der Waals surface area contributed by atoms with Gasteiger partial charge in [-0.25, -0.2) is 4.68 Å². The highest BCUT2D eigenvalue weighted by atomic mass is 16.5. The lowest BCUT2D eigenvalue weighted by Gasteiger charge is -2.25. The maximum atomic E-state index is 10.6. The predicted octanol–water partition coefficient (Wildman–Crippen LogP) is 4.41. The van der Waals surface area contributed by atoms with E-state index < -0.39 is 6.10 Å². The highest BCUT2D eigenvalue weighted by molar-refractivity contribution is 5.65. The van der Waals surface area contributed by atoms with E-state index >= 15 is 0 Å². The number of terminal acetylenes is 1. The molecule has 0 amide bonds. The summed E-state index contributed by atoms with van der Waals surface area (Å²) in [6, 6.07) is 18.2. The maximum absolute atomic E-state index is 10.6. The zero-order valence-corrected chi connectivity index (χ0v) is 20.0. The van der Waals surface area contributed by atoms with Gasteiger partial charge in [-0.2, -0.15) is 5.10 Å². The first kappa shape index (κ1) is 24.0. The van der Waals surface area contributed by atoms with Crippen LogP contribution in [-0.4, -0.2) is 52.2 Å². The van der Waals surface area contributed by atoms with Crippen molar-refractivity contribution < 1.29 is 14.6 Å². The van der Waals surface area contributed by atoms with Crippen molar-refractivity contribution in [2.45, 2.75) is 32.4 Å². The standard InChI is InChI=1S/C28H33N3O3/c1-4-15-33-20-24(32)18-31(17-22-13-14-22)19-26-27(23-10-6-5-7-11-23)29-30(3)28(26)34-25-12-8-9-21(2)16-25/h1,5-12,16,22,24,32H,13-15,17-20H2,2-3H3/t24-/m0/s1. The maximum Gasteiger partial charge on any atom is 0.222 e. The fraction of sp³-hybridized carbons (Fsp3) is 0.393. The largest absolute Gasteiger partial charge is 0.439 e. The summed E-state index contributed by atoms with van der Waals surface area (Å²) < 4.78 is 13.6. The molecule has 6 heteroatoms. The van der Waals surface area contributed by atoms with Crippen LogP contribution in [0.3, 0.4) is 0 Å². The molecule has 1 aromatic heterocycles. The number of hydrogen-bond donors (Lipinski definition) is 1. The molecule has 0 saturated heterocycles. The molecule has 1 N–H and O–H groups in total. The number of aliphatic hydroxyl groups is 1. The van der Waals surface area contributed by atoms with Crippen molar-refractivity contribution in [3.05, 3.63) is 65.7 Å². The number of rotatable bonds is 12. The summed E-state index contributed by atoms with van der Waals surface area (Å²) in [5, 5.41) is 15.4. The third-order valence-corrected chi connectivity index (χ3v) is 5.90. The van der Waals surface area contributed by atoms with E-state index in [9.17, 15) is 5.11 Å². The predicted molar refractivity (Wildman–Crippen MR) is 134 cm³/mol. The Morgan fingerprint density at radius 3 is 2.71 bits per heavy atom. The van der Waals surface area contributed by atoms with Crippen LogP contribution in [0.1, 0.15) is 24.0 Å². The third kappa shape index (κ3) is 6.48. The van der Waals surface area contributed by atoms with Crippen molar-refractivity contribution in [2.75, 3.05) is 26.3 Å². The van der Waals surface area contributed by atoms with Crippen LogP contribution >= 0.6 is 0 Å². The Hall–Kier alpha value is -3.11. The Balaban J connectivity index is 1.64. The van der Waals surface area contributed by atoms with Gasteiger partial charge in [0.25, 0.3) is 0 Å². The highest BCUT2D eigenvalue weighted by Gasteiger charge is 2.28. The summed E-state index contributed by atoms with van der Waals surface area (Å²) in [6.07, 6.45) is 7.10. The summed E-state index contributed by atoms with van der Waals surface area (Å²) in [5.74, 6) is 4.60. The van der Waals surface area contributed by atoms with Crippen molar-refractivity contribution in [3.8, 4) is 35.2 Å². The lowest BCUT2D eigenvalue weighted by atomic mass is 10.1. The minimum Gasteiger partial charge on any atom is -0.439 e. The van der Waals surface area contributed by atoms with Gasteiger partial charge in [-0.1, -0.05) is 48.4 Å². The summed E-state index contributed by atoms with van der Waals surface area (Å²) in [6.45, 7) is 4.49. The Labute approximate surface area is 202 Å². The number of hydrogen-bond acceptors (Lipinski definition) is 5. The monoisotopic (exact) mass is 459 g/mol. The van der Waals surface area contributed by atoms with Gasteiger partial charge in [0.15, 0.2) is 0 Å². The van der Waals surface area contributed by atoms with Crippen LogP contribution in [0.25, 0.3) is 11.3 Å². The Morgan fingerprint density at radius 1 is 1.21 bits per heavy atom. The van der Waals surface area contributed by atoms with Crippen LogP contribution in [0.15, 0.2) is 54.6 Å². The van der Waals surface area contributed by atoms with Crippen molar-refractivity contribution in [1.29, 1.82) is 0 Å². The molecular weight excluding hydrogens is 426 g/mol. The number of benzene rings is 2. The molecule has 34 heavy (non-hydrogen) atoms. The van der Waals surface area contributed by atoms with Gasteiger partial charge in [-0.05, 0) is 43.4 Å². The average Bonchev–Trinajstić information content (AvgIpc) is 3.59. The van der Waals surface area contributed by atoms with Crippen LogP contribution in [0.4, 0.5) is 0 Å². The molecule has 0 radical (unpaired) electrons. The topological polar surface area (TPSA) is 59.8 Å². The molecule has 1 fully saturated rings. The molecule has 0 bridgehead atoms. The second kappa shape index (κ2) is 11.3. The second-order valence-electron chi connectivity index (χ2n) is 9.05. The quantitative estimate of drug-likeness (QED) is 0.321. The minimum atomic E-state index is -0.620. The van der Waals surface area contributed by atoms with Crippen molar-refractivity contribution in [3.63, 3.8) is 0 Å². The minimum absolute atomic E-state index is 0.203. The summed E-state index contributed by atoms with van der Waals surface area (Å²) in [5.41, 5.74) is 4.07. The molecular formula is C28H33N3O3. The lowest BCUT2D eigenvalue weighted by molar-refractivity contribution is 0.0250. The molecule has 0 unspecified atom stereocenters. The number of aromatic nitrogens is 2. The van der Waals surface area contributed by atoms with Crippen LogP contribution < -0.4 is 4.74 Å². The van der Waals surface area contributed by atoms with Crippen molar-refractivity contribution in [1.82, 2.24) is 14.7 Å². The average molecular weight is 460 g/mol. The molecule has 1 heterocycles. The Morgan fingerprint density at radius 2 is 2.00 bits per heavy atom. The van der Waals surface area contributed by atoms with Crippen LogP contribution in [-0.2, 0) is 18.3 Å². The molecule has 1 atom stereocenters. The van der Waals surface area contributed by atoms with Gasteiger partial charge in [-0.3, -0.25) is 4.90 Å². The molecule has 0 aliphatic heterocycles. The fourth-order valence-corrected chi connectivity index (χ4v) is 4.14. The Bertz CT molecular complexity index is 1120. The van der Waals surface area contributed by atoms with Crippen LogP contribution in [0, 0.1) is 25.2 Å². The first-order valence-corrected chi connectivity index (χ1v) is 11.8. The van der Waals surface area contributed by atoms with Gasteiger partial charge in [0.1, 0.15) is 18.1 Å². The van der Waals surface area contributed by atoms with Gasteiger partial charge < -0.3 is 14.6 Å². The molecule has 1 saturated carbocycles. The van der Waals surface area contributed by atoms with E-state index in [1.807, 2.05) is 61.1 Å². The number of aryl methyl sites for hydroxylation is 2. The van der Waals surface area contributed by atoms with E-state index in [1.54, 1.807) is 0 Å². The van der Waals surface area contributed by atoms with Crippen LogP contribution in [0.5, 0.6) is 11.6 Å². The van der Waals surface area contributed by atoms with E-state index in [4.69, 9.17) is 21.0 Å². The molecule has 3 aromatic rings. The number of nitrogens with zero attached hydrogens (tertiary/aromatic N) is 3. The van der Waals surface area contributed by atoms with E-state index in [-0.39, 0.29) is 13.2 Å². The first-order chi connectivity index (χ1) is 16.5. The highest BCUT2D eigenvalue weighted by Crippen LogP contribution is 2.36. The third-order valence-electron chi connectivity index (χ3n) is 5.90. The fourth-order valence-electron chi connectivity index (χ4n) is 4.14. The molecule has 6 nitrogen and oxygen atoms in total. The van der Waals surface area contributed by atoms with E-state index in [2.05, 4.69) is 23.0 Å². The molecule has 1 aliphatic carbocycles. The molecule has 2 aromatic carbocycles. The van der Waals surface area contributed by atoms with Gasteiger partial charge in [-0.15, -0.1) is 6.42 Å². The summed E-state index contributed by atoms with van der Waals surface area (Å²) in [4.78, 5) is 2.29. The number of ether oxygens (including phenoxy) is 2. The molecule has 0 spiro atoms. The molecule has 4 rings (SSSR count). The molecule has 1 aliphatic rings. The van der Waals surface area contributed by atoms with E-state index in [1.165, 1.54) is 12.8 Å². The van der Waals surface area contributed by atoms with Gasteiger partial charge >= 0.3 is 0 Å². The molecule has 178 valence electrons. The summed E-state index contributed by atoms with van der Waals surface area (Å²) >= 11 is 0. The lowest BCUT2D eigenvalue weighted by Crippen LogP contribution is -2.36. The van der Waals surface area contributed by atoms with E-state index in [0.29, 0.717) is 24.9 Å². The van der Waals surface area contributed by atoms with Gasteiger partial charge in [0.2, 0.25) is 5.88 Å². The van der Waals surface area contributed by atoms with Gasteiger partial charge in [0.05, 0.1) is 18.3 Å².